The molecule has 1 heterocycles. The molecule has 1 rings (SSSR count). The number of nitrogens with zero attached hydrogens (tertiary/aromatic N) is 1. The van der Waals surface area contributed by atoms with Crippen LogP contribution in [-0.2, 0) is 14.3 Å². The van der Waals surface area contributed by atoms with Crippen LogP contribution in [0.4, 0.5) is 0 Å². The van der Waals surface area contributed by atoms with Gasteiger partial charge in [0.15, 0.2) is 0 Å². The molecule has 5 nitrogen and oxygen atoms in total. The van der Waals surface area contributed by atoms with E-state index in [4.69, 9.17) is 9.84 Å². The zero-order valence-electron chi connectivity index (χ0n) is 7.81. The Hall–Kier alpha value is -1.20. The van der Waals surface area contributed by atoms with Crippen LogP contribution < -0.4 is 0 Å². The second-order valence-electron chi connectivity index (χ2n) is 2.85. The fourth-order valence-electron chi connectivity index (χ4n) is 1.08. The third-order valence-electron chi connectivity index (χ3n) is 1.81. The van der Waals surface area contributed by atoms with Crippen LogP contribution >= 0.6 is 0 Å². The topological polar surface area (TPSA) is 66.8 Å². The number of aliphatic hydroxyl groups is 1. The largest absolute Gasteiger partial charge is 0.396 e. The maximum Gasteiger partial charge on any atom is 0.253 e. The fraction of sp³-hybridized carbons (Fsp3) is 0.636. The van der Waals surface area contributed by atoms with Gasteiger partial charge in [0.1, 0.15) is 0 Å². The number of rotatable bonds is 6. The number of hydrogen-bond donors (Lipinski definition) is 1. The van der Waals surface area contributed by atoms with Crippen molar-refractivity contribution >= 4 is 11.8 Å². The van der Waals surface area contributed by atoms with Crippen LogP contribution in [0.5, 0.6) is 0 Å². The molecule has 0 fully saturated rings. The van der Waals surface area contributed by atoms with Crippen LogP contribution in [0.3, 0.4) is 0 Å². The molecule has 94 valence electrons. The van der Waals surface area contributed by atoms with Gasteiger partial charge in [0.05, 0.1) is 13.2 Å². The van der Waals surface area contributed by atoms with E-state index in [0.717, 1.165) is 4.90 Å². The van der Waals surface area contributed by atoms with E-state index in [1.807, 2.05) is 0 Å². The van der Waals surface area contributed by atoms with Crippen molar-refractivity contribution in [3.63, 3.8) is 0 Å². The highest BCUT2D eigenvalue weighted by Crippen LogP contribution is 2.02. The Bertz CT molecular complexity index is 232. The summed E-state index contributed by atoms with van der Waals surface area (Å²) >= 11 is 0. The molecule has 0 saturated carbocycles. The molecule has 0 unspecified atom stereocenters. The summed E-state index contributed by atoms with van der Waals surface area (Å²) in [6.45, 7) is 1.12. The van der Waals surface area contributed by atoms with Gasteiger partial charge in [-0.25, -0.2) is 0 Å². The van der Waals surface area contributed by atoms with E-state index < -0.39 is 0 Å². The molecule has 1 N–H and O–H groups in total. The van der Waals surface area contributed by atoms with Gasteiger partial charge in [0, 0.05) is 25.4 Å². The lowest BCUT2D eigenvalue weighted by Crippen LogP contribution is -2.33. The zero-order valence-corrected chi connectivity index (χ0v) is 7.81. The molecule has 0 radical (unpaired) electrons. The molecule has 0 atom stereocenters. The highest BCUT2D eigenvalue weighted by molar-refractivity contribution is 6.12. The first-order chi connectivity index (χ1) is 6.75. The Kier molecular flexibility index (Phi) is 9.74. The predicted molar refractivity (Wildman–Crippen MR) is 61.8 cm³/mol. The van der Waals surface area contributed by atoms with Crippen LogP contribution in [0.2, 0.25) is 0 Å². The van der Waals surface area contributed by atoms with Crippen LogP contribution in [0.15, 0.2) is 12.2 Å². The molecule has 1 aliphatic heterocycles. The number of amides is 2. The van der Waals surface area contributed by atoms with Gasteiger partial charge in [-0.2, -0.15) is 0 Å². The Morgan fingerprint density at radius 2 is 1.69 bits per heavy atom. The van der Waals surface area contributed by atoms with Gasteiger partial charge in [-0.15, -0.1) is 0 Å². The summed E-state index contributed by atoms with van der Waals surface area (Å²) in [6, 6.07) is 0. The molecule has 0 aromatic carbocycles. The minimum absolute atomic E-state index is 0. The number of ether oxygens (including phenoxy) is 1. The quantitative estimate of drug-likeness (QED) is 0.536. The minimum Gasteiger partial charge on any atom is -0.396 e. The van der Waals surface area contributed by atoms with Crippen molar-refractivity contribution in [2.24, 2.45) is 0 Å². The molecular weight excluding hydrogens is 210 g/mol. The molecule has 0 aliphatic carbocycles. The van der Waals surface area contributed by atoms with Gasteiger partial charge in [0.2, 0.25) is 0 Å². The van der Waals surface area contributed by atoms with E-state index in [1.165, 1.54) is 12.2 Å². The molecule has 0 spiro atoms. The number of imide groups is 1. The first-order valence-corrected chi connectivity index (χ1v) is 4.48. The van der Waals surface area contributed by atoms with Crippen LogP contribution in [0.1, 0.15) is 21.3 Å². The van der Waals surface area contributed by atoms with Gasteiger partial charge in [-0.05, 0) is 6.42 Å². The van der Waals surface area contributed by atoms with Gasteiger partial charge in [-0.3, -0.25) is 14.5 Å². The second-order valence-corrected chi connectivity index (χ2v) is 2.85. The van der Waals surface area contributed by atoms with Gasteiger partial charge in [-0.1, -0.05) is 14.9 Å². The lowest BCUT2D eigenvalue weighted by Gasteiger charge is -2.13. The Labute approximate surface area is 96.7 Å². The number of hydrogen-bond acceptors (Lipinski definition) is 4. The molecule has 1 aliphatic rings. The standard InChI is InChI=1S/C9H13NO4.2CH4/c11-5-1-6-14-7-4-10-8(12)2-3-9(10)13;;/h2-3,11H,1,4-7H2;2*1H4. The van der Waals surface area contributed by atoms with E-state index in [9.17, 15) is 9.59 Å². The van der Waals surface area contributed by atoms with E-state index in [-0.39, 0.29) is 39.8 Å². The monoisotopic (exact) mass is 231 g/mol. The van der Waals surface area contributed by atoms with Crippen molar-refractivity contribution in [2.45, 2.75) is 21.3 Å². The summed E-state index contributed by atoms with van der Waals surface area (Å²) in [6.07, 6.45) is 3.06. The molecule has 0 aromatic rings. The van der Waals surface area contributed by atoms with Crippen molar-refractivity contribution in [3.8, 4) is 0 Å². The predicted octanol–water partition coefficient (Wildman–Crippen LogP) is 0.583. The molecular formula is C11H21NO4. The lowest BCUT2D eigenvalue weighted by molar-refractivity contribution is -0.137. The summed E-state index contributed by atoms with van der Waals surface area (Å²) in [5, 5.41) is 8.45. The van der Waals surface area contributed by atoms with Gasteiger partial charge < -0.3 is 9.84 Å². The Balaban J connectivity index is 0. The van der Waals surface area contributed by atoms with Crippen molar-refractivity contribution < 1.29 is 19.4 Å². The molecule has 0 bridgehead atoms. The highest BCUT2D eigenvalue weighted by atomic mass is 16.5. The summed E-state index contributed by atoms with van der Waals surface area (Å²) in [7, 11) is 0. The first-order valence-electron chi connectivity index (χ1n) is 4.48. The van der Waals surface area contributed by atoms with Crippen molar-refractivity contribution in [1.29, 1.82) is 0 Å². The fourth-order valence-corrected chi connectivity index (χ4v) is 1.08. The summed E-state index contributed by atoms with van der Waals surface area (Å²) < 4.78 is 5.10. The Morgan fingerprint density at radius 1 is 1.12 bits per heavy atom. The zero-order chi connectivity index (χ0) is 10.4. The van der Waals surface area contributed by atoms with E-state index in [1.54, 1.807) is 0 Å². The molecule has 16 heavy (non-hydrogen) atoms. The smallest absolute Gasteiger partial charge is 0.253 e. The van der Waals surface area contributed by atoms with Gasteiger partial charge in [0.25, 0.3) is 11.8 Å². The maximum atomic E-state index is 11.0. The lowest BCUT2D eigenvalue weighted by atomic mass is 10.5. The SMILES string of the molecule is C.C.O=C1C=CC(=O)N1CCOCCCO. The number of carbonyl (C=O) groups excluding carboxylic acids is 2. The molecule has 2 amide bonds. The molecule has 5 heteroatoms. The number of carbonyl (C=O) groups is 2. The minimum atomic E-state index is -0.291. The highest BCUT2D eigenvalue weighted by Gasteiger charge is 2.22. The Morgan fingerprint density at radius 3 is 2.19 bits per heavy atom. The maximum absolute atomic E-state index is 11.0. The summed E-state index contributed by atoms with van der Waals surface area (Å²) in [5.41, 5.74) is 0. The normalized spacial score (nSPS) is 13.7. The molecule has 0 aromatic heterocycles. The van der Waals surface area contributed by atoms with Crippen LogP contribution in [0, 0.1) is 0 Å². The average Bonchev–Trinajstić information content (AvgIpc) is 2.48. The van der Waals surface area contributed by atoms with Gasteiger partial charge >= 0.3 is 0 Å². The van der Waals surface area contributed by atoms with E-state index >= 15 is 0 Å². The van der Waals surface area contributed by atoms with Crippen molar-refractivity contribution in [1.82, 2.24) is 4.90 Å². The van der Waals surface area contributed by atoms with Crippen molar-refractivity contribution in [2.75, 3.05) is 26.4 Å². The number of aliphatic hydroxyl groups excluding tert-OH is 1. The van der Waals surface area contributed by atoms with Crippen LogP contribution in [-0.4, -0.2) is 48.2 Å². The van der Waals surface area contributed by atoms with E-state index in [2.05, 4.69) is 0 Å². The summed E-state index contributed by atoms with van der Waals surface area (Å²) in [5.74, 6) is -0.582. The first kappa shape index (κ1) is 17.2. The second kappa shape index (κ2) is 9.06. The average molecular weight is 231 g/mol. The summed E-state index contributed by atoms with van der Waals surface area (Å²) in [4.78, 5) is 23.2. The third kappa shape index (κ3) is 5.04. The molecule has 0 saturated heterocycles. The van der Waals surface area contributed by atoms with E-state index in [0.29, 0.717) is 19.6 Å². The van der Waals surface area contributed by atoms with Crippen LogP contribution in [0.25, 0.3) is 0 Å². The third-order valence-corrected chi connectivity index (χ3v) is 1.81. The van der Waals surface area contributed by atoms with Crippen molar-refractivity contribution in [3.05, 3.63) is 12.2 Å².